The fourth-order valence-corrected chi connectivity index (χ4v) is 4.11. The van der Waals surface area contributed by atoms with E-state index in [1.807, 2.05) is 0 Å². The highest BCUT2D eigenvalue weighted by molar-refractivity contribution is 5.85. The number of nitrogens with one attached hydrogen (secondary N) is 1. The van der Waals surface area contributed by atoms with E-state index < -0.39 is 0 Å². The van der Waals surface area contributed by atoms with E-state index in [0.717, 1.165) is 63.7 Å². The summed E-state index contributed by atoms with van der Waals surface area (Å²) in [4.78, 5) is 14.2. The Kier molecular flexibility index (Phi) is 8.36. The molecule has 3 heterocycles. The molecule has 0 spiro atoms. The van der Waals surface area contributed by atoms with Gasteiger partial charge in [-0.25, -0.2) is 9.97 Å². The molecule has 1 saturated heterocycles. The fourth-order valence-electron chi connectivity index (χ4n) is 4.11. The van der Waals surface area contributed by atoms with E-state index >= 15 is 0 Å². The smallest absolute Gasteiger partial charge is 0.135 e. The van der Waals surface area contributed by atoms with Crippen molar-refractivity contribution in [3.8, 4) is 0 Å². The highest BCUT2D eigenvalue weighted by atomic mass is 35.5. The number of fused-ring (bicyclic) bond motifs is 1. The quantitative estimate of drug-likeness (QED) is 0.771. The summed E-state index contributed by atoms with van der Waals surface area (Å²) in [7, 11) is 0. The third kappa shape index (κ3) is 4.98. The molecule has 0 amide bonds. The highest BCUT2D eigenvalue weighted by Crippen LogP contribution is 2.32. The van der Waals surface area contributed by atoms with Crippen molar-refractivity contribution >= 4 is 30.6 Å². The molecule has 26 heavy (non-hydrogen) atoms. The number of piperazine rings is 1. The molecule has 2 aliphatic heterocycles. The maximum atomic E-state index is 9.49. The van der Waals surface area contributed by atoms with Crippen molar-refractivity contribution in [1.82, 2.24) is 20.2 Å². The zero-order valence-corrected chi connectivity index (χ0v) is 16.9. The molecule has 4 rings (SSSR count). The Morgan fingerprint density at radius 2 is 1.92 bits per heavy atom. The zero-order chi connectivity index (χ0) is 16.4. The molecule has 2 N–H and O–H groups in total. The summed E-state index contributed by atoms with van der Waals surface area (Å²) < 4.78 is 0. The molecule has 0 radical (unpaired) electrons. The lowest BCUT2D eigenvalue weighted by Gasteiger charge is -2.42. The number of aliphatic hydroxyl groups excluding tert-OH is 1. The van der Waals surface area contributed by atoms with Gasteiger partial charge in [-0.1, -0.05) is 0 Å². The molecule has 1 aromatic rings. The first kappa shape index (κ1) is 21.6. The molecule has 148 valence electrons. The Balaban J connectivity index is 0.00000121. The minimum absolute atomic E-state index is 0. The Hall–Kier alpha value is -0.660. The van der Waals surface area contributed by atoms with Gasteiger partial charge < -0.3 is 15.3 Å². The lowest BCUT2D eigenvalue weighted by atomic mass is 10.1. The Morgan fingerprint density at radius 3 is 2.69 bits per heavy atom. The topological polar surface area (TPSA) is 64.5 Å². The van der Waals surface area contributed by atoms with Crippen LogP contribution in [0.2, 0.25) is 0 Å². The molecule has 1 atom stereocenters. The van der Waals surface area contributed by atoms with Gasteiger partial charge in [-0.2, -0.15) is 0 Å². The second-order valence-corrected chi connectivity index (χ2v) is 7.42. The first-order chi connectivity index (χ1) is 11.8. The van der Waals surface area contributed by atoms with Crippen LogP contribution in [0.5, 0.6) is 0 Å². The summed E-state index contributed by atoms with van der Waals surface area (Å²) >= 11 is 0. The summed E-state index contributed by atoms with van der Waals surface area (Å²) in [6.45, 7) is 6.59. The van der Waals surface area contributed by atoms with Crippen molar-refractivity contribution in [2.45, 2.75) is 38.1 Å². The second-order valence-electron chi connectivity index (χ2n) is 7.42. The van der Waals surface area contributed by atoms with Crippen LogP contribution >= 0.6 is 24.8 Å². The second kappa shape index (κ2) is 10.0. The zero-order valence-electron chi connectivity index (χ0n) is 15.3. The van der Waals surface area contributed by atoms with E-state index in [9.17, 15) is 5.11 Å². The molecule has 8 heteroatoms. The molecule has 1 aromatic heterocycles. The summed E-state index contributed by atoms with van der Waals surface area (Å²) in [5.74, 6) is 2.04. The number of aromatic nitrogens is 2. The number of nitrogens with zero attached hydrogens (tertiary/aromatic N) is 4. The molecule has 1 saturated carbocycles. The molecule has 1 unspecified atom stereocenters. The van der Waals surface area contributed by atoms with E-state index in [-0.39, 0.29) is 31.4 Å². The molecule has 6 nitrogen and oxygen atoms in total. The minimum Gasteiger partial charge on any atom is -0.396 e. The van der Waals surface area contributed by atoms with Crippen molar-refractivity contribution in [1.29, 1.82) is 0 Å². The summed E-state index contributed by atoms with van der Waals surface area (Å²) in [5, 5.41) is 13.0. The van der Waals surface area contributed by atoms with Gasteiger partial charge in [0.2, 0.25) is 0 Å². The van der Waals surface area contributed by atoms with Gasteiger partial charge in [0.1, 0.15) is 12.1 Å². The maximum Gasteiger partial charge on any atom is 0.135 e. The Morgan fingerprint density at radius 1 is 1.12 bits per heavy atom. The van der Waals surface area contributed by atoms with Crippen molar-refractivity contribution in [3.63, 3.8) is 0 Å². The Labute approximate surface area is 168 Å². The third-order valence-corrected chi connectivity index (χ3v) is 5.66. The number of hydrogen-bond donors (Lipinski definition) is 2. The van der Waals surface area contributed by atoms with E-state index in [2.05, 4.69) is 25.1 Å². The van der Waals surface area contributed by atoms with Gasteiger partial charge in [0, 0.05) is 57.4 Å². The van der Waals surface area contributed by atoms with E-state index in [4.69, 9.17) is 0 Å². The summed E-state index contributed by atoms with van der Waals surface area (Å²) in [6, 6.07) is 0.443. The summed E-state index contributed by atoms with van der Waals surface area (Å²) in [6.07, 6.45) is 7.37. The predicted octanol–water partition coefficient (Wildman–Crippen LogP) is 1.29. The molecule has 0 aromatic carbocycles. The maximum absolute atomic E-state index is 9.49. The standard InChI is InChI=1S/C18H29N5O.2ClH/c24-10-5-15-12-23(9-8-22(15)11-14-1-2-14)18-16-3-6-19-7-4-17(16)20-13-21-18;;/h13-15,19,24H,1-12H2;2*1H. The molecule has 1 aliphatic carbocycles. The lowest BCUT2D eigenvalue weighted by molar-refractivity contribution is 0.136. The van der Waals surface area contributed by atoms with Crippen molar-refractivity contribution in [2.75, 3.05) is 50.8 Å². The number of hydrogen-bond acceptors (Lipinski definition) is 6. The number of rotatable bonds is 5. The number of aliphatic hydroxyl groups is 1. The van der Waals surface area contributed by atoms with E-state index in [1.165, 1.54) is 30.6 Å². The molecule has 0 bridgehead atoms. The van der Waals surface area contributed by atoms with Gasteiger partial charge in [0.05, 0.1) is 5.69 Å². The van der Waals surface area contributed by atoms with Gasteiger partial charge in [-0.3, -0.25) is 4.90 Å². The minimum atomic E-state index is 0. The molecular formula is C18H31Cl2N5O. The van der Waals surface area contributed by atoms with Crippen molar-refractivity contribution in [3.05, 3.63) is 17.6 Å². The van der Waals surface area contributed by atoms with Gasteiger partial charge >= 0.3 is 0 Å². The predicted molar refractivity (Wildman–Crippen MR) is 109 cm³/mol. The van der Waals surface area contributed by atoms with Crippen LogP contribution in [-0.2, 0) is 12.8 Å². The van der Waals surface area contributed by atoms with Crippen molar-refractivity contribution in [2.24, 2.45) is 5.92 Å². The van der Waals surface area contributed by atoms with E-state index in [1.54, 1.807) is 6.33 Å². The number of anilines is 1. The Bertz CT molecular complexity index is 573. The van der Waals surface area contributed by atoms with Crippen LogP contribution in [0.15, 0.2) is 6.33 Å². The van der Waals surface area contributed by atoms with Crippen LogP contribution < -0.4 is 10.2 Å². The molecular weight excluding hydrogens is 373 g/mol. The van der Waals surface area contributed by atoms with Crippen LogP contribution in [0, 0.1) is 5.92 Å². The first-order valence-electron chi connectivity index (χ1n) is 9.48. The third-order valence-electron chi connectivity index (χ3n) is 5.66. The van der Waals surface area contributed by atoms with Gasteiger partial charge in [-0.05, 0) is 38.1 Å². The van der Waals surface area contributed by atoms with E-state index in [0.29, 0.717) is 6.04 Å². The normalized spacial score (nSPS) is 23.4. The highest BCUT2D eigenvalue weighted by Gasteiger charge is 2.33. The fraction of sp³-hybridized carbons (Fsp3) is 0.778. The summed E-state index contributed by atoms with van der Waals surface area (Å²) in [5.41, 5.74) is 2.55. The van der Waals surface area contributed by atoms with Crippen LogP contribution in [0.4, 0.5) is 5.82 Å². The monoisotopic (exact) mass is 403 g/mol. The average molecular weight is 404 g/mol. The van der Waals surface area contributed by atoms with Gasteiger partial charge in [-0.15, -0.1) is 24.8 Å². The average Bonchev–Trinajstić information content (AvgIpc) is 3.42. The van der Waals surface area contributed by atoms with Gasteiger partial charge in [0.15, 0.2) is 0 Å². The lowest BCUT2D eigenvalue weighted by Crippen LogP contribution is -2.54. The van der Waals surface area contributed by atoms with Crippen molar-refractivity contribution < 1.29 is 5.11 Å². The van der Waals surface area contributed by atoms with Crippen LogP contribution in [0.25, 0.3) is 0 Å². The molecule has 3 aliphatic rings. The molecule has 2 fully saturated rings. The van der Waals surface area contributed by atoms with Crippen LogP contribution in [0.1, 0.15) is 30.5 Å². The largest absolute Gasteiger partial charge is 0.396 e. The van der Waals surface area contributed by atoms with Crippen LogP contribution in [0.3, 0.4) is 0 Å². The SMILES string of the molecule is Cl.Cl.OCCC1CN(c2ncnc3c2CCNCC3)CCN1CC1CC1. The van der Waals surface area contributed by atoms with Gasteiger partial charge in [0.25, 0.3) is 0 Å². The first-order valence-corrected chi connectivity index (χ1v) is 9.48. The van der Waals surface area contributed by atoms with Crippen LogP contribution in [-0.4, -0.2) is 71.9 Å². The number of halogens is 2.